The van der Waals surface area contributed by atoms with Crippen molar-refractivity contribution in [2.75, 3.05) is 7.11 Å². The van der Waals surface area contributed by atoms with Crippen LogP contribution in [0.5, 0.6) is 0 Å². The number of nitrogens with zero attached hydrogens (tertiary/aromatic N) is 1. The molecule has 0 aliphatic carbocycles. The molecule has 0 radical (unpaired) electrons. The smallest absolute Gasteiger partial charge is 0.264 e. The molecule has 0 aliphatic heterocycles. The van der Waals surface area contributed by atoms with Crippen LogP contribution in [0.25, 0.3) is 11.4 Å². The third-order valence-corrected chi connectivity index (χ3v) is 3.92. The lowest BCUT2D eigenvalue weighted by atomic mass is 10.2. The van der Waals surface area contributed by atoms with Gasteiger partial charge in [-0.2, -0.15) is 0 Å². The Morgan fingerprint density at radius 1 is 1.47 bits per heavy atom. The van der Waals surface area contributed by atoms with E-state index in [4.69, 9.17) is 4.74 Å². The Morgan fingerprint density at radius 3 is 2.84 bits per heavy atom. The number of rotatable bonds is 3. The first-order valence-electron chi connectivity index (χ1n) is 5.25. The van der Waals surface area contributed by atoms with Gasteiger partial charge in [0.05, 0.1) is 12.3 Å². The highest BCUT2D eigenvalue weighted by Crippen LogP contribution is 2.22. The van der Waals surface area contributed by atoms with E-state index in [0.717, 1.165) is 0 Å². The molecule has 0 atom stereocenters. The van der Waals surface area contributed by atoms with Gasteiger partial charge < -0.3 is 9.72 Å². The number of benzene rings is 1. The molecule has 2 aromatic rings. The highest BCUT2D eigenvalue weighted by Gasteiger charge is 2.11. The summed E-state index contributed by atoms with van der Waals surface area (Å²) < 4.78 is 19.4. The second-order valence-electron chi connectivity index (χ2n) is 3.77. The minimum Gasteiger partial charge on any atom is -0.378 e. The zero-order chi connectivity index (χ0) is 14.0. The topological polar surface area (TPSA) is 55.0 Å². The van der Waals surface area contributed by atoms with E-state index in [0.29, 0.717) is 25.1 Å². The van der Waals surface area contributed by atoms with Gasteiger partial charge in [0, 0.05) is 17.1 Å². The van der Waals surface area contributed by atoms with Crippen LogP contribution in [0.4, 0.5) is 4.39 Å². The van der Waals surface area contributed by atoms with Crippen LogP contribution in [0, 0.1) is 9.39 Å². The van der Waals surface area contributed by atoms with E-state index in [2.05, 4.69) is 25.9 Å². The summed E-state index contributed by atoms with van der Waals surface area (Å²) in [6.07, 6.45) is 0. The van der Waals surface area contributed by atoms with Gasteiger partial charge >= 0.3 is 0 Å². The third-order valence-electron chi connectivity index (χ3n) is 2.35. The Kier molecular flexibility index (Phi) is 4.69. The highest BCUT2D eigenvalue weighted by atomic mass is 127. The van der Waals surface area contributed by atoms with E-state index >= 15 is 0 Å². The number of hydrogen-bond donors (Lipinski definition) is 1. The average molecular weight is 439 g/mol. The number of aromatic amines is 1. The molecule has 4 nitrogen and oxygen atoms in total. The van der Waals surface area contributed by atoms with E-state index < -0.39 is 5.82 Å². The largest absolute Gasteiger partial charge is 0.378 e. The molecular weight excluding hydrogens is 430 g/mol. The Bertz CT molecular complexity index is 655. The van der Waals surface area contributed by atoms with E-state index in [1.807, 2.05) is 22.6 Å². The fourth-order valence-corrected chi connectivity index (χ4v) is 2.44. The van der Waals surface area contributed by atoms with Gasteiger partial charge in [0.25, 0.3) is 5.56 Å². The Balaban J connectivity index is 2.59. The molecule has 0 unspecified atom stereocenters. The van der Waals surface area contributed by atoms with Crippen molar-refractivity contribution in [1.82, 2.24) is 9.97 Å². The predicted molar refractivity (Wildman–Crippen MR) is 81.4 cm³/mol. The van der Waals surface area contributed by atoms with Gasteiger partial charge in [-0.25, -0.2) is 9.37 Å². The summed E-state index contributed by atoms with van der Waals surface area (Å²) in [5.74, 6) is -0.0865. The molecule has 0 spiro atoms. The summed E-state index contributed by atoms with van der Waals surface area (Å²) in [5.41, 5.74) is 0.762. The number of ether oxygens (including phenoxy) is 1. The van der Waals surface area contributed by atoms with Crippen molar-refractivity contribution in [1.29, 1.82) is 0 Å². The Morgan fingerprint density at radius 2 is 2.21 bits per heavy atom. The van der Waals surface area contributed by atoms with E-state index in [-0.39, 0.29) is 12.2 Å². The first-order chi connectivity index (χ1) is 9.01. The van der Waals surface area contributed by atoms with Gasteiger partial charge in [0.1, 0.15) is 15.2 Å². The van der Waals surface area contributed by atoms with Crippen LogP contribution in [-0.2, 0) is 11.3 Å². The van der Waals surface area contributed by atoms with Gasteiger partial charge in [-0.05, 0) is 40.8 Å². The molecule has 0 saturated heterocycles. The van der Waals surface area contributed by atoms with Crippen molar-refractivity contribution in [2.24, 2.45) is 0 Å². The van der Waals surface area contributed by atoms with Gasteiger partial charge in [0.2, 0.25) is 0 Å². The number of aromatic nitrogens is 2. The molecule has 1 aromatic heterocycles. The molecule has 1 N–H and O–H groups in total. The van der Waals surface area contributed by atoms with Crippen LogP contribution in [0.2, 0.25) is 0 Å². The molecule has 7 heteroatoms. The molecular formula is C12H9BrFIN2O2. The summed E-state index contributed by atoms with van der Waals surface area (Å²) in [6, 6.07) is 4.33. The SMILES string of the molecule is COCc1nc(-c2cc(F)cc(Br)c2)[nH]c(=O)c1I. The first-order valence-corrected chi connectivity index (χ1v) is 7.12. The lowest BCUT2D eigenvalue weighted by Crippen LogP contribution is -2.16. The van der Waals surface area contributed by atoms with E-state index in [1.165, 1.54) is 19.2 Å². The van der Waals surface area contributed by atoms with Crippen LogP contribution in [0.15, 0.2) is 27.5 Å². The summed E-state index contributed by atoms with van der Waals surface area (Å²) in [7, 11) is 1.53. The van der Waals surface area contributed by atoms with Crippen LogP contribution in [-0.4, -0.2) is 17.1 Å². The van der Waals surface area contributed by atoms with Gasteiger partial charge in [-0.15, -0.1) is 0 Å². The molecule has 19 heavy (non-hydrogen) atoms. The molecule has 0 bridgehead atoms. The fourth-order valence-electron chi connectivity index (χ4n) is 1.57. The second kappa shape index (κ2) is 6.10. The number of methoxy groups -OCH3 is 1. The number of halogens is 3. The summed E-state index contributed by atoms with van der Waals surface area (Å²) in [6.45, 7) is 0.228. The maximum atomic E-state index is 13.4. The number of nitrogens with one attached hydrogen (secondary N) is 1. The van der Waals surface area contributed by atoms with Crippen molar-refractivity contribution in [2.45, 2.75) is 6.61 Å². The molecule has 1 aromatic carbocycles. The highest BCUT2D eigenvalue weighted by molar-refractivity contribution is 14.1. The summed E-state index contributed by atoms with van der Waals surface area (Å²) in [5, 5.41) is 0. The predicted octanol–water partition coefficient (Wildman–Crippen LogP) is 3.09. The quantitative estimate of drug-likeness (QED) is 0.749. The standard InChI is InChI=1S/C12H9BrFIN2O2/c1-19-5-9-10(15)12(18)17-11(16-9)6-2-7(13)4-8(14)3-6/h2-4H,5H2,1H3,(H,16,17,18). The monoisotopic (exact) mass is 438 g/mol. The average Bonchev–Trinajstić information content (AvgIpc) is 2.33. The first kappa shape index (κ1) is 14.6. The maximum absolute atomic E-state index is 13.4. The van der Waals surface area contributed by atoms with Crippen LogP contribution < -0.4 is 5.56 Å². The lowest BCUT2D eigenvalue weighted by molar-refractivity contribution is 0.180. The molecule has 0 aliphatic rings. The van der Waals surface area contributed by atoms with E-state index in [9.17, 15) is 9.18 Å². The molecule has 1 heterocycles. The zero-order valence-electron chi connectivity index (χ0n) is 9.84. The maximum Gasteiger partial charge on any atom is 0.264 e. The van der Waals surface area contributed by atoms with Crippen molar-refractivity contribution in [3.63, 3.8) is 0 Å². The Hall–Kier alpha value is -0.800. The molecule has 0 amide bonds. The fraction of sp³-hybridized carbons (Fsp3) is 0.167. The van der Waals surface area contributed by atoms with Gasteiger partial charge in [-0.1, -0.05) is 15.9 Å². The summed E-state index contributed by atoms with van der Waals surface area (Å²) >= 11 is 5.11. The van der Waals surface area contributed by atoms with Gasteiger partial charge in [0.15, 0.2) is 0 Å². The second-order valence-corrected chi connectivity index (χ2v) is 5.76. The van der Waals surface area contributed by atoms with Gasteiger partial charge in [-0.3, -0.25) is 4.79 Å². The van der Waals surface area contributed by atoms with Crippen LogP contribution in [0.1, 0.15) is 5.69 Å². The third kappa shape index (κ3) is 3.40. The number of H-pyrrole nitrogens is 1. The normalized spacial score (nSPS) is 10.7. The van der Waals surface area contributed by atoms with Crippen LogP contribution in [0.3, 0.4) is 0 Å². The van der Waals surface area contributed by atoms with Crippen molar-refractivity contribution in [3.8, 4) is 11.4 Å². The Labute approximate surface area is 130 Å². The van der Waals surface area contributed by atoms with Crippen molar-refractivity contribution >= 4 is 38.5 Å². The van der Waals surface area contributed by atoms with Crippen molar-refractivity contribution < 1.29 is 9.13 Å². The summed E-state index contributed by atoms with van der Waals surface area (Å²) in [4.78, 5) is 18.7. The molecule has 100 valence electrons. The minimum absolute atomic E-state index is 0.228. The molecule has 0 fully saturated rings. The van der Waals surface area contributed by atoms with Crippen LogP contribution >= 0.6 is 38.5 Å². The minimum atomic E-state index is -0.404. The molecule has 0 saturated carbocycles. The zero-order valence-corrected chi connectivity index (χ0v) is 13.6. The van der Waals surface area contributed by atoms with Crippen molar-refractivity contribution in [3.05, 3.63) is 48.1 Å². The molecule has 2 rings (SSSR count). The van der Waals surface area contributed by atoms with E-state index in [1.54, 1.807) is 6.07 Å². The number of hydrogen-bond acceptors (Lipinski definition) is 3. The lowest BCUT2D eigenvalue weighted by Gasteiger charge is -2.07.